The largest absolute Gasteiger partial charge is 0.370 e. The molecule has 2 aromatic rings. The molecule has 0 atom stereocenters. The Morgan fingerprint density at radius 2 is 1.85 bits per heavy atom. The van der Waals surface area contributed by atoms with Crippen LogP contribution in [0.4, 0.5) is 17.1 Å². The molecule has 0 spiro atoms. The SMILES string of the molecule is CC1(C)ON(c2ccc(C#N)c(Cl)c2)C(=S)N1c1ccc(Cl)c(NC(=O)CCCC(N)=O)c1. The van der Waals surface area contributed by atoms with Gasteiger partial charge < -0.3 is 11.1 Å². The van der Waals surface area contributed by atoms with Crippen molar-refractivity contribution in [1.82, 2.24) is 0 Å². The predicted molar refractivity (Wildman–Crippen MR) is 132 cm³/mol. The molecule has 3 N–H and O–H groups in total. The third-order valence-corrected chi connectivity index (χ3v) is 5.83. The fraction of sp³-hybridized carbons (Fsp3) is 0.273. The van der Waals surface area contributed by atoms with E-state index in [1.807, 2.05) is 19.9 Å². The average molecular weight is 506 g/mol. The maximum Gasteiger partial charge on any atom is 0.224 e. The van der Waals surface area contributed by atoms with E-state index in [2.05, 4.69) is 5.32 Å². The first-order chi connectivity index (χ1) is 15.5. The Morgan fingerprint density at radius 3 is 2.48 bits per heavy atom. The molecule has 1 aliphatic heterocycles. The molecule has 0 unspecified atom stereocenters. The molecule has 172 valence electrons. The highest BCUT2D eigenvalue weighted by atomic mass is 35.5. The van der Waals surface area contributed by atoms with Crippen LogP contribution >= 0.6 is 35.4 Å². The van der Waals surface area contributed by atoms with Crippen LogP contribution in [0.2, 0.25) is 10.0 Å². The molecule has 3 rings (SSSR count). The molecule has 8 nitrogen and oxygen atoms in total. The highest BCUT2D eigenvalue weighted by Gasteiger charge is 2.44. The summed E-state index contributed by atoms with van der Waals surface area (Å²) in [5.74, 6) is -0.746. The molecule has 1 saturated heterocycles. The summed E-state index contributed by atoms with van der Waals surface area (Å²) in [6, 6.07) is 12.0. The lowest BCUT2D eigenvalue weighted by Gasteiger charge is -2.29. The second kappa shape index (κ2) is 9.93. The molecule has 33 heavy (non-hydrogen) atoms. The molecule has 1 aliphatic rings. The minimum Gasteiger partial charge on any atom is -0.370 e. The summed E-state index contributed by atoms with van der Waals surface area (Å²) >= 11 is 18.1. The van der Waals surface area contributed by atoms with Gasteiger partial charge in [-0.25, -0.2) is 4.84 Å². The number of hydroxylamine groups is 1. The summed E-state index contributed by atoms with van der Waals surface area (Å²) in [5.41, 5.74) is 6.18. The number of thiocarbonyl (C=S) groups is 1. The van der Waals surface area contributed by atoms with Gasteiger partial charge in [-0.2, -0.15) is 10.3 Å². The Kier molecular flexibility index (Phi) is 7.44. The Morgan fingerprint density at radius 1 is 1.15 bits per heavy atom. The van der Waals surface area contributed by atoms with Gasteiger partial charge in [0, 0.05) is 18.5 Å². The Balaban J connectivity index is 1.85. The molecular formula is C22H21Cl2N5O3S. The summed E-state index contributed by atoms with van der Waals surface area (Å²) in [6.45, 7) is 3.67. The summed E-state index contributed by atoms with van der Waals surface area (Å²) in [4.78, 5) is 31.0. The quantitative estimate of drug-likeness (QED) is 0.522. The molecule has 1 fully saturated rings. The molecule has 1 heterocycles. The number of halogens is 2. The zero-order chi connectivity index (χ0) is 24.3. The molecular weight excluding hydrogens is 485 g/mol. The number of anilines is 3. The van der Waals surface area contributed by atoms with Gasteiger partial charge in [-0.3, -0.25) is 14.5 Å². The van der Waals surface area contributed by atoms with Gasteiger partial charge in [0.15, 0.2) is 5.72 Å². The maximum atomic E-state index is 12.3. The molecule has 0 aliphatic carbocycles. The monoisotopic (exact) mass is 505 g/mol. The number of primary amides is 1. The van der Waals surface area contributed by atoms with Crippen molar-refractivity contribution in [1.29, 1.82) is 5.26 Å². The van der Waals surface area contributed by atoms with E-state index in [4.69, 9.17) is 51.3 Å². The number of hydrogen-bond donors (Lipinski definition) is 2. The number of nitrogens with one attached hydrogen (secondary N) is 1. The van der Waals surface area contributed by atoms with Crippen molar-refractivity contribution < 1.29 is 14.4 Å². The van der Waals surface area contributed by atoms with E-state index in [-0.39, 0.29) is 23.8 Å². The lowest BCUT2D eigenvalue weighted by Crippen LogP contribution is -2.41. The minimum absolute atomic E-state index is 0.129. The van der Waals surface area contributed by atoms with Crippen molar-refractivity contribution >= 4 is 69.4 Å². The van der Waals surface area contributed by atoms with Crippen LogP contribution in [0.1, 0.15) is 38.7 Å². The van der Waals surface area contributed by atoms with E-state index in [0.29, 0.717) is 39.2 Å². The van der Waals surface area contributed by atoms with Crippen molar-refractivity contribution in [3.8, 4) is 6.07 Å². The molecule has 0 radical (unpaired) electrons. The number of nitrogens with zero attached hydrogens (tertiary/aromatic N) is 3. The molecule has 2 amide bonds. The molecule has 0 aromatic heterocycles. The van der Waals surface area contributed by atoms with E-state index in [9.17, 15) is 9.59 Å². The number of nitriles is 1. The number of carbonyl (C=O) groups is 2. The van der Waals surface area contributed by atoms with Crippen LogP contribution in [0.15, 0.2) is 36.4 Å². The fourth-order valence-electron chi connectivity index (χ4n) is 3.31. The standard InChI is InChI=1S/C22H21Cl2N5O3S/c1-22(2)28(21(33)29(32-22)15-7-6-13(12-25)17(24)10-15)14-8-9-16(23)18(11-14)27-20(31)5-3-4-19(26)30/h6-11H,3-5H2,1-2H3,(H2,26,30)(H,27,31). The summed E-state index contributed by atoms with van der Waals surface area (Å²) in [6.07, 6.45) is 0.606. The van der Waals surface area contributed by atoms with Gasteiger partial charge in [-0.1, -0.05) is 23.2 Å². The minimum atomic E-state index is -0.881. The van der Waals surface area contributed by atoms with E-state index in [0.717, 1.165) is 0 Å². The number of amides is 2. The van der Waals surface area contributed by atoms with Gasteiger partial charge in [-0.15, -0.1) is 0 Å². The van der Waals surface area contributed by atoms with E-state index < -0.39 is 11.6 Å². The number of nitrogens with two attached hydrogens (primary N) is 1. The zero-order valence-corrected chi connectivity index (χ0v) is 20.2. The number of benzene rings is 2. The summed E-state index contributed by atoms with van der Waals surface area (Å²) < 4.78 is 0. The fourth-order valence-corrected chi connectivity index (χ4v) is 4.16. The van der Waals surface area contributed by atoms with Crippen LogP contribution < -0.4 is 21.0 Å². The maximum absolute atomic E-state index is 12.3. The van der Waals surface area contributed by atoms with E-state index in [1.165, 1.54) is 5.06 Å². The van der Waals surface area contributed by atoms with E-state index >= 15 is 0 Å². The van der Waals surface area contributed by atoms with Gasteiger partial charge in [0.25, 0.3) is 0 Å². The lowest BCUT2D eigenvalue weighted by atomic mass is 10.2. The molecule has 0 bridgehead atoms. The number of hydrogen-bond acceptors (Lipinski definition) is 5. The highest BCUT2D eigenvalue weighted by molar-refractivity contribution is 7.80. The van der Waals surface area contributed by atoms with Crippen LogP contribution in [0.25, 0.3) is 0 Å². The smallest absolute Gasteiger partial charge is 0.224 e. The van der Waals surface area contributed by atoms with Crippen LogP contribution in [0, 0.1) is 11.3 Å². The highest BCUT2D eigenvalue weighted by Crippen LogP contribution is 2.39. The van der Waals surface area contributed by atoms with Crippen molar-refractivity contribution in [2.24, 2.45) is 5.73 Å². The molecule has 0 saturated carbocycles. The predicted octanol–water partition coefficient (Wildman–Crippen LogP) is 4.74. The first kappa shape index (κ1) is 24.7. The van der Waals surface area contributed by atoms with Crippen molar-refractivity contribution in [3.05, 3.63) is 52.0 Å². The van der Waals surface area contributed by atoms with Crippen molar-refractivity contribution in [3.63, 3.8) is 0 Å². The third kappa shape index (κ3) is 5.54. The van der Waals surface area contributed by atoms with Crippen LogP contribution in [-0.4, -0.2) is 22.7 Å². The van der Waals surface area contributed by atoms with Gasteiger partial charge in [0.1, 0.15) is 6.07 Å². The van der Waals surface area contributed by atoms with Crippen LogP contribution in [0.3, 0.4) is 0 Å². The Labute approximate surface area is 206 Å². The Bertz CT molecular complexity index is 1170. The van der Waals surface area contributed by atoms with Gasteiger partial charge in [0.05, 0.1) is 27.0 Å². The first-order valence-corrected chi connectivity index (χ1v) is 11.1. The van der Waals surface area contributed by atoms with Gasteiger partial charge >= 0.3 is 0 Å². The zero-order valence-electron chi connectivity index (χ0n) is 17.9. The number of carbonyl (C=O) groups excluding carboxylic acids is 2. The molecule has 2 aromatic carbocycles. The summed E-state index contributed by atoms with van der Waals surface area (Å²) in [5, 5.41) is 14.3. The van der Waals surface area contributed by atoms with Gasteiger partial charge in [0.2, 0.25) is 16.9 Å². The summed E-state index contributed by atoms with van der Waals surface area (Å²) in [7, 11) is 0. The van der Waals surface area contributed by atoms with Crippen molar-refractivity contribution in [2.75, 3.05) is 15.3 Å². The second-order valence-electron chi connectivity index (χ2n) is 7.76. The second-order valence-corrected chi connectivity index (χ2v) is 8.94. The average Bonchev–Trinajstić information content (AvgIpc) is 2.98. The van der Waals surface area contributed by atoms with E-state index in [1.54, 1.807) is 41.3 Å². The van der Waals surface area contributed by atoms with Crippen LogP contribution in [-0.2, 0) is 14.4 Å². The normalized spacial score (nSPS) is 14.8. The van der Waals surface area contributed by atoms with Crippen LogP contribution in [0.5, 0.6) is 0 Å². The Hall–Kier alpha value is -2.90. The van der Waals surface area contributed by atoms with Crippen molar-refractivity contribution in [2.45, 2.75) is 38.8 Å². The number of rotatable bonds is 7. The van der Waals surface area contributed by atoms with Gasteiger partial charge in [-0.05, 0) is 68.9 Å². The lowest BCUT2D eigenvalue weighted by molar-refractivity contribution is -0.118. The first-order valence-electron chi connectivity index (χ1n) is 9.94. The third-order valence-electron chi connectivity index (χ3n) is 4.84. The topological polar surface area (TPSA) is 112 Å². The molecule has 11 heteroatoms.